The molecule has 0 bridgehead atoms. The van der Waals surface area contributed by atoms with E-state index < -0.39 is 11.3 Å². The van der Waals surface area contributed by atoms with E-state index in [0.29, 0.717) is 12.3 Å². The highest BCUT2D eigenvalue weighted by Gasteiger charge is 2.52. The Morgan fingerprint density at radius 3 is 2.33 bits per heavy atom. The van der Waals surface area contributed by atoms with Crippen molar-refractivity contribution in [1.82, 2.24) is 4.90 Å². The average Bonchev–Trinajstić information content (AvgIpc) is 2.94. The molecule has 33 heavy (non-hydrogen) atoms. The molecule has 0 spiro atoms. The van der Waals surface area contributed by atoms with Crippen LogP contribution in [0.15, 0.2) is 0 Å². The van der Waals surface area contributed by atoms with Crippen LogP contribution in [-0.4, -0.2) is 40.4 Å². The summed E-state index contributed by atoms with van der Waals surface area (Å²) in [6.45, 7) is 13.9. The summed E-state index contributed by atoms with van der Waals surface area (Å²) in [6, 6.07) is -0.109. The number of amides is 2. The van der Waals surface area contributed by atoms with Crippen molar-refractivity contribution < 1.29 is 19.1 Å². The first-order valence-electron chi connectivity index (χ1n) is 13.3. The summed E-state index contributed by atoms with van der Waals surface area (Å²) >= 11 is 0. The van der Waals surface area contributed by atoms with E-state index in [1.165, 1.54) is 38.5 Å². The summed E-state index contributed by atoms with van der Waals surface area (Å²) in [5.74, 6) is 0.261. The minimum atomic E-state index is -0.792. The molecule has 1 saturated carbocycles. The zero-order valence-electron chi connectivity index (χ0n) is 22.3. The number of unbranched alkanes of at least 4 members (excludes halogenated alkanes) is 2. The van der Waals surface area contributed by atoms with Gasteiger partial charge in [-0.2, -0.15) is 0 Å². The number of hydrogen-bond donors (Lipinski definition) is 1. The number of nitrogens with two attached hydrogens (primary N) is 1. The summed E-state index contributed by atoms with van der Waals surface area (Å²) < 4.78 is 12.3. The lowest BCUT2D eigenvalue weighted by Crippen LogP contribution is -2.51. The van der Waals surface area contributed by atoms with Gasteiger partial charge in [0.05, 0.1) is 12.1 Å². The van der Waals surface area contributed by atoms with Crippen LogP contribution in [-0.2, 0) is 14.3 Å². The monoisotopic (exact) mass is 466 g/mol. The Morgan fingerprint density at radius 2 is 1.79 bits per heavy atom. The molecule has 6 nitrogen and oxygen atoms in total. The predicted octanol–water partition coefficient (Wildman–Crippen LogP) is 6.41. The standard InChI is InChI=1S/C27H50N2O4/c1-8-9-11-14-19(2)21(24(28)30)18-23-22(17-20-15-12-10-13-16-20)29(27(6,7)32-23)25(31)33-26(3,4)5/h19-23H,8-18H2,1-7H3,(H2,28,30)/t19?,21?,22-,23?/m0/s1. The molecule has 6 heteroatoms. The van der Waals surface area contributed by atoms with E-state index in [9.17, 15) is 9.59 Å². The fourth-order valence-electron chi connectivity index (χ4n) is 5.76. The molecule has 0 aromatic rings. The Bertz CT molecular complexity index is 637. The third-order valence-corrected chi connectivity index (χ3v) is 7.47. The van der Waals surface area contributed by atoms with Crippen molar-refractivity contribution in [1.29, 1.82) is 0 Å². The highest BCUT2D eigenvalue weighted by Crippen LogP contribution is 2.42. The molecule has 1 heterocycles. The van der Waals surface area contributed by atoms with Gasteiger partial charge in [0.15, 0.2) is 0 Å². The maximum atomic E-state index is 13.3. The first kappa shape index (κ1) is 27.9. The van der Waals surface area contributed by atoms with Crippen molar-refractivity contribution in [3.05, 3.63) is 0 Å². The Hall–Kier alpha value is -1.30. The molecule has 2 amide bonds. The summed E-state index contributed by atoms with van der Waals surface area (Å²) in [5.41, 5.74) is 4.52. The van der Waals surface area contributed by atoms with Crippen LogP contribution in [0, 0.1) is 17.8 Å². The Morgan fingerprint density at radius 1 is 1.15 bits per heavy atom. The number of nitrogens with zero attached hydrogens (tertiary/aromatic N) is 1. The van der Waals surface area contributed by atoms with Crippen molar-refractivity contribution in [3.63, 3.8) is 0 Å². The fraction of sp³-hybridized carbons (Fsp3) is 0.926. The van der Waals surface area contributed by atoms with Gasteiger partial charge in [-0.15, -0.1) is 0 Å². The number of carbonyl (C=O) groups is 2. The molecule has 2 N–H and O–H groups in total. The highest BCUT2D eigenvalue weighted by atomic mass is 16.6. The largest absolute Gasteiger partial charge is 0.444 e. The average molecular weight is 467 g/mol. The van der Waals surface area contributed by atoms with E-state index in [4.69, 9.17) is 15.2 Å². The van der Waals surface area contributed by atoms with Gasteiger partial charge in [0.25, 0.3) is 0 Å². The second kappa shape index (κ2) is 11.9. The van der Waals surface area contributed by atoms with Crippen LogP contribution < -0.4 is 5.73 Å². The van der Waals surface area contributed by atoms with Crippen LogP contribution in [0.3, 0.4) is 0 Å². The van der Waals surface area contributed by atoms with Crippen LogP contribution in [0.5, 0.6) is 0 Å². The van der Waals surface area contributed by atoms with Crippen LogP contribution >= 0.6 is 0 Å². The quantitative estimate of drug-likeness (QED) is 0.377. The van der Waals surface area contributed by atoms with Gasteiger partial charge in [-0.25, -0.2) is 4.79 Å². The van der Waals surface area contributed by atoms with E-state index in [1.54, 1.807) is 0 Å². The van der Waals surface area contributed by atoms with E-state index in [-0.39, 0.29) is 36.0 Å². The Labute approximate surface area is 202 Å². The predicted molar refractivity (Wildman–Crippen MR) is 133 cm³/mol. The van der Waals surface area contributed by atoms with Gasteiger partial charge >= 0.3 is 6.09 Å². The summed E-state index contributed by atoms with van der Waals surface area (Å²) in [7, 11) is 0. The molecule has 2 aliphatic rings. The summed E-state index contributed by atoms with van der Waals surface area (Å²) in [6.07, 6.45) is 11.5. The van der Waals surface area contributed by atoms with E-state index in [1.807, 2.05) is 39.5 Å². The number of hydrogen-bond acceptors (Lipinski definition) is 4. The van der Waals surface area contributed by atoms with Gasteiger partial charge in [0.2, 0.25) is 5.91 Å². The van der Waals surface area contributed by atoms with Crippen LogP contribution in [0.2, 0.25) is 0 Å². The first-order valence-corrected chi connectivity index (χ1v) is 13.3. The minimum Gasteiger partial charge on any atom is -0.444 e. The molecule has 0 radical (unpaired) electrons. The SMILES string of the molecule is CCCCCC(C)C(CC1OC(C)(C)N(C(=O)OC(C)(C)C)[C@H]1CC1CCCCC1)C(N)=O. The third kappa shape index (κ3) is 8.15. The topological polar surface area (TPSA) is 81.9 Å². The van der Waals surface area contributed by atoms with Gasteiger partial charge in [0, 0.05) is 5.92 Å². The molecule has 4 atom stereocenters. The molecule has 0 aromatic carbocycles. The normalized spacial score (nSPS) is 25.6. The number of carbonyl (C=O) groups excluding carboxylic acids is 2. The molecule has 2 rings (SSSR count). The fourth-order valence-corrected chi connectivity index (χ4v) is 5.76. The maximum absolute atomic E-state index is 13.3. The number of ether oxygens (including phenoxy) is 2. The van der Waals surface area contributed by atoms with E-state index in [2.05, 4.69) is 13.8 Å². The second-order valence-electron chi connectivity index (χ2n) is 12.0. The molecule has 1 aliphatic carbocycles. The molecule has 192 valence electrons. The van der Waals surface area contributed by atoms with Crippen molar-refractivity contribution >= 4 is 12.0 Å². The van der Waals surface area contributed by atoms with Crippen LogP contribution in [0.25, 0.3) is 0 Å². The van der Waals surface area contributed by atoms with Gasteiger partial charge < -0.3 is 15.2 Å². The molecular formula is C27H50N2O4. The van der Waals surface area contributed by atoms with Crippen molar-refractivity contribution in [2.24, 2.45) is 23.5 Å². The molecule has 1 saturated heterocycles. The first-order chi connectivity index (χ1) is 15.4. The minimum absolute atomic E-state index is 0.109. The lowest BCUT2D eigenvalue weighted by Gasteiger charge is -2.37. The molecule has 0 aromatic heterocycles. The third-order valence-electron chi connectivity index (χ3n) is 7.47. The smallest absolute Gasteiger partial charge is 0.412 e. The van der Waals surface area contributed by atoms with Gasteiger partial charge in [-0.1, -0.05) is 65.2 Å². The van der Waals surface area contributed by atoms with Gasteiger partial charge in [-0.3, -0.25) is 9.69 Å². The van der Waals surface area contributed by atoms with Crippen molar-refractivity contribution in [2.75, 3.05) is 0 Å². The summed E-state index contributed by atoms with van der Waals surface area (Å²) in [5, 5.41) is 0. The molecular weight excluding hydrogens is 416 g/mol. The lowest BCUT2D eigenvalue weighted by atomic mass is 9.80. The number of primary amides is 1. The summed E-state index contributed by atoms with van der Waals surface area (Å²) in [4.78, 5) is 27.6. The molecule has 3 unspecified atom stereocenters. The van der Waals surface area contributed by atoms with E-state index >= 15 is 0 Å². The molecule has 1 aliphatic heterocycles. The zero-order chi connectivity index (χ0) is 24.8. The van der Waals surface area contributed by atoms with Crippen LogP contribution in [0.4, 0.5) is 4.79 Å². The highest BCUT2D eigenvalue weighted by molar-refractivity contribution is 5.77. The molecule has 2 fully saturated rings. The van der Waals surface area contributed by atoms with Crippen LogP contribution in [0.1, 0.15) is 119 Å². The van der Waals surface area contributed by atoms with Gasteiger partial charge in [0.1, 0.15) is 11.3 Å². The lowest BCUT2D eigenvalue weighted by molar-refractivity contribution is -0.126. The maximum Gasteiger partial charge on any atom is 0.412 e. The van der Waals surface area contributed by atoms with Crippen molar-refractivity contribution in [3.8, 4) is 0 Å². The Kier molecular flexibility index (Phi) is 10.1. The van der Waals surface area contributed by atoms with Crippen molar-refractivity contribution in [2.45, 2.75) is 143 Å². The zero-order valence-corrected chi connectivity index (χ0v) is 22.3. The van der Waals surface area contributed by atoms with Gasteiger partial charge in [-0.05, 0) is 65.7 Å². The number of rotatable bonds is 10. The Balaban J connectivity index is 2.26. The second-order valence-corrected chi connectivity index (χ2v) is 12.0. The van der Waals surface area contributed by atoms with E-state index in [0.717, 1.165) is 25.7 Å².